The second-order valence-corrected chi connectivity index (χ2v) is 2.77. The maximum atomic E-state index is 10.6. The van der Waals surface area contributed by atoms with Crippen LogP contribution < -0.4 is 0 Å². The molecule has 0 radical (unpaired) electrons. The predicted octanol–water partition coefficient (Wildman–Crippen LogP) is 2.43. The molecule has 0 atom stereocenters. The molecule has 0 aromatic rings. The number of carbonyl (C=O) groups excluding carboxylic acids is 1. The van der Waals surface area contributed by atoms with Crippen LogP contribution in [-0.4, -0.2) is 5.78 Å². The normalized spacial score (nSPS) is 8.64. The van der Waals surface area contributed by atoms with Gasteiger partial charge in [0.2, 0.25) is 0 Å². The molecule has 0 aromatic carbocycles. The molecule has 0 unspecified atom stereocenters. The van der Waals surface area contributed by atoms with E-state index in [4.69, 9.17) is 0 Å². The van der Waals surface area contributed by atoms with Crippen LogP contribution in [0.15, 0.2) is 12.7 Å². The third-order valence-electron chi connectivity index (χ3n) is 1.42. The fourth-order valence-corrected chi connectivity index (χ4v) is 0.144. The van der Waals surface area contributed by atoms with Gasteiger partial charge in [-0.1, -0.05) is 6.08 Å². The smallest absolute Gasteiger partial charge is 0.139 e. The van der Waals surface area contributed by atoms with E-state index in [0.29, 0.717) is 0 Å². The van der Waals surface area contributed by atoms with Crippen molar-refractivity contribution in [3.05, 3.63) is 12.7 Å². The molecule has 0 heterocycles. The topological polar surface area (TPSA) is 17.1 Å². The molecule has 0 amide bonds. The van der Waals surface area contributed by atoms with Crippen LogP contribution in [0.3, 0.4) is 0 Å². The van der Waals surface area contributed by atoms with Crippen molar-refractivity contribution in [2.24, 2.45) is 5.41 Å². The maximum absolute atomic E-state index is 10.6. The summed E-state index contributed by atoms with van der Waals surface area (Å²) in [5.41, 5.74) is -0.333. The van der Waals surface area contributed by atoms with Crippen molar-refractivity contribution in [1.29, 1.82) is 0 Å². The molecule has 0 saturated heterocycles. The minimum absolute atomic E-state index is 0.160. The Morgan fingerprint density at radius 1 is 1.64 bits per heavy atom. The van der Waals surface area contributed by atoms with Crippen molar-refractivity contribution in [3.63, 3.8) is 0 Å². The first-order valence-corrected chi connectivity index (χ1v) is 3.44. The van der Waals surface area contributed by atoms with Crippen molar-refractivity contribution in [1.82, 2.24) is 0 Å². The van der Waals surface area contributed by atoms with Gasteiger partial charge in [-0.05, 0) is 27.7 Å². The summed E-state index contributed by atoms with van der Waals surface area (Å²) in [4.78, 5) is 10.6. The van der Waals surface area contributed by atoms with E-state index >= 15 is 0 Å². The van der Waals surface area contributed by atoms with Gasteiger partial charge < -0.3 is 0 Å². The van der Waals surface area contributed by atoms with E-state index in [1.165, 1.54) is 0 Å². The van der Waals surface area contributed by atoms with Gasteiger partial charge in [-0.15, -0.1) is 18.9 Å². The van der Waals surface area contributed by atoms with Crippen molar-refractivity contribution >= 4 is 5.78 Å². The lowest BCUT2D eigenvalue weighted by atomic mass is 9.90. The first kappa shape index (κ1) is 12.6. The van der Waals surface area contributed by atoms with Gasteiger partial charge in [-0.2, -0.15) is 0 Å². The number of allylic oxidation sites excluding steroid dienone is 1. The molecule has 0 aliphatic heterocycles. The van der Waals surface area contributed by atoms with Gasteiger partial charge in [0.05, 0.1) is 0 Å². The maximum Gasteiger partial charge on any atom is 0.139 e. The van der Waals surface area contributed by atoms with Gasteiger partial charge in [-0.25, -0.2) is 0 Å². The number of hydrogen-bond donors (Lipinski definition) is 0. The van der Waals surface area contributed by atoms with Crippen molar-refractivity contribution in [2.75, 3.05) is 0 Å². The van der Waals surface area contributed by atoms with Crippen LogP contribution in [0.1, 0.15) is 27.7 Å². The average Bonchev–Trinajstić information content (AvgIpc) is 1.89. The summed E-state index contributed by atoms with van der Waals surface area (Å²) < 4.78 is 0. The van der Waals surface area contributed by atoms with Crippen LogP contribution in [0.25, 0.3) is 0 Å². The molecule has 11 heavy (non-hydrogen) atoms. The molecule has 0 fully saturated rings. The molecule has 0 saturated carbocycles. The van der Waals surface area contributed by atoms with E-state index in [9.17, 15) is 4.79 Å². The average molecular weight is 152 g/mol. The third-order valence-corrected chi connectivity index (χ3v) is 1.42. The summed E-state index contributed by atoms with van der Waals surface area (Å²) in [7, 11) is 0. The zero-order valence-corrected chi connectivity index (χ0v) is 7.77. The number of ketones is 1. The van der Waals surface area contributed by atoms with Gasteiger partial charge >= 0.3 is 0 Å². The Hall–Kier alpha value is -1.03. The molecular formula is C10H16O. The van der Waals surface area contributed by atoms with Gasteiger partial charge in [-0.3, -0.25) is 4.79 Å². The molecule has 0 bridgehead atoms. The number of Topliss-reactive ketones (excluding diaryl/α,β-unsaturated/α-hetero) is 1. The largest absolute Gasteiger partial charge is 0.299 e. The van der Waals surface area contributed by atoms with Gasteiger partial charge in [0.25, 0.3) is 0 Å². The lowest BCUT2D eigenvalue weighted by Crippen LogP contribution is -2.17. The van der Waals surface area contributed by atoms with Crippen LogP contribution >= 0.6 is 0 Å². The number of rotatable bonds is 2. The minimum Gasteiger partial charge on any atom is -0.299 e. The molecule has 1 heteroatoms. The molecule has 0 aliphatic rings. The molecule has 0 N–H and O–H groups in total. The molecule has 0 rings (SSSR count). The molecule has 62 valence electrons. The highest BCUT2D eigenvalue weighted by molar-refractivity contribution is 5.83. The Balaban J connectivity index is 0. The third kappa shape index (κ3) is 6.86. The van der Waals surface area contributed by atoms with Crippen molar-refractivity contribution in [2.45, 2.75) is 27.7 Å². The SMILES string of the molecule is C#CC.C=CC(C)(C)C(C)=O. The van der Waals surface area contributed by atoms with Crippen molar-refractivity contribution in [3.8, 4) is 12.3 Å². The highest BCUT2D eigenvalue weighted by atomic mass is 16.1. The van der Waals surface area contributed by atoms with E-state index in [1.807, 2.05) is 13.8 Å². The second-order valence-electron chi connectivity index (χ2n) is 2.77. The summed E-state index contributed by atoms with van der Waals surface area (Å²) in [5.74, 6) is 2.41. The van der Waals surface area contributed by atoms with Crippen LogP contribution in [0.2, 0.25) is 0 Å². The summed E-state index contributed by atoms with van der Waals surface area (Å²) >= 11 is 0. The zero-order chi connectivity index (χ0) is 9.49. The molecule has 0 aromatic heterocycles. The lowest BCUT2D eigenvalue weighted by Gasteiger charge is -2.13. The van der Waals surface area contributed by atoms with Crippen LogP contribution in [-0.2, 0) is 4.79 Å². The Kier molecular flexibility index (Phi) is 6.58. The highest BCUT2D eigenvalue weighted by Crippen LogP contribution is 2.15. The zero-order valence-electron chi connectivity index (χ0n) is 7.77. The van der Waals surface area contributed by atoms with E-state index in [-0.39, 0.29) is 11.2 Å². The van der Waals surface area contributed by atoms with Gasteiger partial charge in [0.15, 0.2) is 0 Å². The standard InChI is InChI=1S/C7H12O.C3H4/c1-5-7(3,4)6(2)8;1-3-2/h5H,1H2,2-4H3;1H,2H3. The summed E-state index contributed by atoms with van der Waals surface area (Å²) in [6, 6.07) is 0. The number of terminal acetylenes is 1. The molecular weight excluding hydrogens is 136 g/mol. The first-order valence-electron chi connectivity index (χ1n) is 3.44. The number of hydrogen-bond acceptors (Lipinski definition) is 1. The van der Waals surface area contributed by atoms with Crippen molar-refractivity contribution < 1.29 is 4.79 Å². The fraction of sp³-hybridized carbons (Fsp3) is 0.500. The molecule has 1 nitrogen and oxygen atoms in total. The Labute approximate surface area is 69.5 Å². The van der Waals surface area contributed by atoms with Gasteiger partial charge in [0, 0.05) is 5.41 Å². The Bertz CT molecular complexity index is 170. The predicted molar refractivity (Wildman–Crippen MR) is 49.2 cm³/mol. The highest BCUT2D eigenvalue weighted by Gasteiger charge is 2.17. The van der Waals surface area contributed by atoms with E-state index in [1.54, 1.807) is 19.9 Å². The van der Waals surface area contributed by atoms with E-state index in [2.05, 4.69) is 18.9 Å². The summed E-state index contributed by atoms with van der Waals surface area (Å²) in [6.45, 7) is 10.5. The fourth-order valence-electron chi connectivity index (χ4n) is 0.144. The monoisotopic (exact) mass is 152 g/mol. The number of carbonyl (C=O) groups is 1. The molecule has 0 spiro atoms. The first-order chi connectivity index (χ1) is 4.92. The van der Waals surface area contributed by atoms with E-state index < -0.39 is 0 Å². The lowest BCUT2D eigenvalue weighted by molar-refractivity contribution is -0.122. The Morgan fingerprint density at radius 2 is 1.91 bits per heavy atom. The van der Waals surface area contributed by atoms with E-state index in [0.717, 1.165) is 0 Å². The van der Waals surface area contributed by atoms with Gasteiger partial charge in [0.1, 0.15) is 5.78 Å². The second kappa shape index (κ2) is 5.73. The summed E-state index contributed by atoms with van der Waals surface area (Å²) in [5, 5.41) is 0. The quantitative estimate of drug-likeness (QED) is 0.438. The molecule has 0 aliphatic carbocycles. The summed E-state index contributed by atoms with van der Waals surface area (Å²) in [6.07, 6.45) is 6.26. The van der Waals surface area contributed by atoms with Crippen LogP contribution in [0.4, 0.5) is 0 Å². The minimum atomic E-state index is -0.333. The Morgan fingerprint density at radius 3 is 1.91 bits per heavy atom. The van der Waals surface area contributed by atoms with Crippen LogP contribution in [0.5, 0.6) is 0 Å². The van der Waals surface area contributed by atoms with Crippen LogP contribution in [0, 0.1) is 17.8 Å².